The van der Waals surface area contributed by atoms with Crippen LogP contribution in [0.5, 0.6) is 11.6 Å². The molecule has 0 saturated carbocycles. The molecule has 1 aromatic carbocycles. The first-order chi connectivity index (χ1) is 18.6. The van der Waals surface area contributed by atoms with Crippen molar-refractivity contribution in [3.8, 4) is 17.3 Å². The Kier molecular flexibility index (Phi) is 7.58. The SMILES string of the molecule is COc1cc(Nc2nc3c(c(OS(=O)(=O)C(F)(F)F)n2)CN(C(=O)OC(C)(C)C)CC3)ccc1-n1cnc(C)c1. The predicted molar refractivity (Wildman–Crippen MR) is 136 cm³/mol. The van der Waals surface area contributed by atoms with Crippen LogP contribution in [0.25, 0.3) is 5.69 Å². The standard InChI is InChI=1S/C24H27F3N6O6S/c1-14-11-33(13-28-14)18-7-6-15(10-19(18)37-5)29-21-30-17-8-9-32(22(34)38-23(2,3)4)12-16(17)20(31-21)39-40(35,36)24(25,26)27/h6-7,10-11,13H,8-9,12H2,1-5H3,(H,29,30,31). The van der Waals surface area contributed by atoms with Crippen LogP contribution in [0.1, 0.15) is 37.7 Å². The number of amides is 1. The number of carbonyl (C=O) groups excluding carboxylic acids is 1. The number of halogens is 3. The van der Waals surface area contributed by atoms with Gasteiger partial charge in [0.2, 0.25) is 11.8 Å². The summed E-state index contributed by atoms with van der Waals surface area (Å²) < 4.78 is 80.3. The maximum Gasteiger partial charge on any atom is 0.534 e. The van der Waals surface area contributed by atoms with Gasteiger partial charge in [0.1, 0.15) is 11.4 Å². The molecule has 216 valence electrons. The number of anilines is 2. The van der Waals surface area contributed by atoms with Gasteiger partial charge in [-0.1, -0.05) is 0 Å². The van der Waals surface area contributed by atoms with E-state index in [1.165, 1.54) is 12.0 Å². The smallest absolute Gasteiger partial charge is 0.494 e. The van der Waals surface area contributed by atoms with Crippen LogP contribution >= 0.6 is 0 Å². The van der Waals surface area contributed by atoms with Gasteiger partial charge in [0.15, 0.2) is 0 Å². The summed E-state index contributed by atoms with van der Waals surface area (Å²) >= 11 is 0. The van der Waals surface area contributed by atoms with Gasteiger partial charge >= 0.3 is 21.7 Å². The van der Waals surface area contributed by atoms with Crippen molar-refractivity contribution < 1.29 is 40.0 Å². The number of hydrogen-bond donors (Lipinski definition) is 1. The fourth-order valence-corrected chi connectivity index (χ4v) is 4.23. The van der Waals surface area contributed by atoms with Crippen molar-refractivity contribution in [3.05, 3.63) is 47.7 Å². The van der Waals surface area contributed by atoms with Crippen molar-refractivity contribution in [2.45, 2.75) is 51.8 Å². The maximum absolute atomic E-state index is 13.2. The molecule has 3 aromatic rings. The Morgan fingerprint density at radius 2 is 1.88 bits per heavy atom. The van der Waals surface area contributed by atoms with E-state index in [2.05, 4.69) is 24.5 Å². The van der Waals surface area contributed by atoms with Gasteiger partial charge in [0.05, 0.1) is 42.6 Å². The Bertz CT molecular complexity index is 1530. The minimum atomic E-state index is -6.07. The topological polar surface area (TPSA) is 138 Å². The average Bonchev–Trinajstić information content (AvgIpc) is 3.27. The second-order valence-electron chi connectivity index (χ2n) is 9.85. The summed E-state index contributed by atoms with van der Waals surface area (Å²) in [5, 5.41) is 2.85. The lowest BCUT2D eigenvalue weighted by Gasteiger charge is -2.31. The summed E-state index contributed by atoms with van der Waals surface area (Å²) in [5.74, 6) is -0.634. The third kappa shape index (κ3) is 6.38. The van der Waals surface area contributed by atoms with Crippen molar-refractivity contribution in [3.63, 3.8) is 0 Å². The summed E-state index contributed by atoms with van der Waals surface area (Å²) in [4.78, 5) is 26.3. The number of alkyl halides is 3. The molecule has 2 aromatic heterocycles. The third-order valence-corrected chi connectivity index (χ3v) is 6.52. The molecule has 1 N–H and O–H groups in total. The van der Waals surface area contributed by atoms with Crippen LogP contribution in [0.15, 0.2) is 30.7 Å². The van der Waals surface area contributed by atoms with Gasteiger partial charge in [-0.2, -0.15) is 26.6 Å². The van der Waals surface area contributed by atoms with Gasteiger partial charge in [-0.15, -0.1) is 0 Å². The van der Waals surface area contributed by atoms with E-state index in [1.807, 2.05) is 6.92 Å². The molecule has 1 amide bonds. The highest BCUT2D eigenvalue weighted by atomic mass is 32.2. The largest absolute Gasteiger partial charge is 0.534 e. The van der Waals surface area contributed by atoms with Crippen LogP contribution in [0.2, 0.25) is 0 Å². The number of methoxy groups -OCH3 is 1. The second-order valence-corrected chi connectivity index (χ2v) is 11.4. The van der Waals surface area contributed by atoms with Crippen molar-refractivity contribution >= 4 is 27.8 Å². The van der Waals surface area contributed by atoms with Crippen molar-refractivity contribution in [1.82, 2.24) is 24.4 Å². The summed E-state index contributed by atoms with van der Waals surface area (Å²) in [6, 6.07) is 4.96. The molecule has 0 atom stereocenters. The molecule has 0 spiro atoms. The Labute approximate surface area is 228 Å². The summed E-state index contributed by atoms with van der Waals surface area (Å²) in [7, 11) is -4.60. The molecular formula is C24H27F3N6O6S. The quantitative estimate of drug-likeness (QED) is 0.331. The van der Waals surface area contributed by atoms with Gasteiger partial charge in [-0.05, 0) is 39.8 Å². The van der Waals surface area contributed by atoms with Crippen LogP contribution in [0.4, 0.5) is 29.6 Å². The number of hydrogen-bond acceptors (Lipinski definition) is 10. The number of carbonyl (C=O) groups is 1. The summed E-state index contributed by atoms with van der Waals surface area (Å²) in [6.45, 7) is 6.61. The number of aromatic nitrogens is 4. The molecule has 12 nitrogen and oxygen atoms in total. The zero-order valence-electron chi connectivity index (χ0n) is 22.2. The normalized spacial score (nSPS) is 13.9. The van der Waals surface area contributed by atoms with Gasteiger partial charge in [-0.3, -0.25) is 0 Å². The molecule has 40 heavy (non-hydrogen) atoms. The first-order valence-corrected chi connectivity index (χ1v) is 13.3. The molecule has 0 fully saturated rings. The zero-order valence-corrected chi connectivity index (χ0v) is 23.1. The zero-order chi connectivity index (χ0) is 29.5. The highest BCUT2D eigenvalue weighted by Gasteiger charge is 2.49. The molecule has 1 aliphatic rings. The van der Waals surface area contributed by atoms with Crippen LogP contribution < -0.4 is 14.2 Å². The molecule has 0 saturated heterocycles. The number of aryl methyl sites for hydroxylation is 1. The molecule has 3 heterocycles. The minimum absolute atomic E-state index is 0.0798. The number of imidazole rings is 1. The van der Waals surface area contributed by atoms with E-state index in [9.17, 15) is 26.4 Å². The predicted octanol–water partition coefficient (Wildman–Crippen LogP) is 4.24. The molecule has 16 heteroatoms. The minimum Gasteiger partial charge on any atom is -0.494 e. The van der Waals surface area contributed by atoms with E-state index in [4.69, 9.17) is 9.47 Å². The lowest BCUT2D eigenvalue weighted by Crippen LogP contribution is -2.40. The first kappa shape index (κ1) is 28.9. The van der Waals surface area contributed by atoms with Crippen molar-refractivity contribution in [1.29, 1.82) is 0 Å². The number of fused-ring (bicyclic) bond motifs is 1. The lowest BCUT2D eigenvalue weighted by atomic mass is 10.1. The van der Waals surface area contributed by atoms with Crippen molar-refractivity contribution in [2.75, 3.05) is 19.0 Å². The van der Waals surface area contributed by atoms with Crippen LogP contribution in [0, 0.1) is 6.92 Å². The van der Waals surface area contributed by atoms with Crippen LogP contribution in [0.3, 0.4) is 0 Å². The second kappa shape index (κ2) is 10.5. The molecule has 0 aliphatic carbocycles. The number of benzene rings is 1. The highest BCUT2D eigenvalue weighted by Crippen LogP contribution is 2.34. The highest BCUT2D eigenvalue weighted by molar-refractivity contribution is 7.87. The number of rotatable bonds is 6. The van der Waals surface area contributed by atoms with Crippen molar-refractivity contribution in [2.24, 2.45) is 0 Å². The molecule has 1 aliphatic heterocycles. The average molecular weight is 585 g/mol. The molecular weight excluding hydrogens is 557 g/mol. The van der Waals surface area contributed by atoms with E-state index in [1.54, 1.807) is 56.1 Å². The van der Waals surface area contributed by atoms with Gasteiger partial charge in [0.25, 0.3) is 0 Å². The molecule has 0 unspecified atom stereocenters. The van der Waals surface area contributed by atoms with E-state index in [0.29, 0.717) is 17.1 Å². The Morgan fingerprint density at radius 3 is 2.48 bits per heavy atom. The molecule has 4 rings (SSSR count). The maximum atomic E-state index is 13.2. The van der Waals surface area contributed by atoms with E-state index >= 15 is 0 Å². The Hall–Kier alpha value is -4.08. The number of ether oxygens (including phenoxy) is 2. The van der Waals surface area contributed by atoms with Gasteiger partial charge < -0.3 is 28.4 Å². The number of nitrogens with zero attached hydrogens (tertiary/aromatic N) is 5. The van der Waals surface area contributed by atoms with Crippen LogP contribution in [-0.4, -0.2) is 63.7 Å². The Balaban J connectivity index is 1.69. The third-order valence-electron chi connectivity index (χ3n) is 5.57. The number of nitrogens with one attached hydrogen (secondary N) is 1. The Morgan fingerprint density at radius 1 is 1.15 bits per heavy atom. The molecule has 0 radical (unpaired) electrons. The van der Waals surface area contributed by atoms with E-state index in [0.717, 1.165) is 5.69 Å². The van der Waals surface area contributed by atoms with Gasteiger partial charge in [-0.25, -0.2) is 14.8 Å². The van der Waals surface area contributed by atoms with Gasteiger partial charge in [0, 0.05) is 30.9 Å². The van der Waals surface area contributed by atoms with Crippen LogP contribution in [-0.2, 0) is 27.8 Å². The molecule has 0 bridgehead atoms. The summed E-state index contributed by atoms with van der Waals surface area (Å²) in [6.07, 6.45) is 2.75. The fourth-order valence-electron chi connectivity index (χ4n) is 3.79. The van der Waals surface area contributed by atoms with E-state index < -0.39 is 33.2 Å². The first-order valence-electron chi connectivity index (χ1n) is 11.9. The lowest BCUT2D eigenvalue weighted by molar-refractivity contribution is -0.0502. The summed E-state index contributed by atoms with van der Waals surface area (Å²) in [5.41, 5.74) is -4.55. The van der Waals surface area contributed by atoms with E-state index in [-0.39, 0.29) is 36.7 Å². The monoisotopic (exact) mass is 584 g/mol. The fraction of sp³-hybridized carbons (Fsp3) is 0.417.